The van der Waals surface area contributed by atoms with Gasteiger partial charge in [-0.15, -0.1) is 0 Å². The second-order valence-corrected chi connectivity index (χ2v) is 6.90. The molecule has 0 aromatic heterocycles. The van der Waals surface area contributed by atoms with Crippen LogP contribution in [0.15, 0.2) is 52.3 Å². The Bertz CT molecular complexity index is 699. The van der Waals surface area contributed by atoms with Crippen LogP contribution in [-0.2, 0) is 9.84 Å². The predicted octanol–water partition coefficient (Wildman–Crippen LogP) is 2.58. The van der Waals surface area contributed by atoms with Gasteiger partial charge in [0.25, 0.3) is 5.71 Å². The molecule has 1 aliphatic carbocycles. The summed E-state index contributed by atoms with van der Waals surface area (Å²) in [6.07, 6.45) is 5.01. The lowest BCUT2D eigenvalue weighted by Gasteiger charge is -2.07. The molecule has 0 unspecified atom stereocenters. The second kappa shape index (κ2) is 5.17. The first-order valence-electron chi connectivity index (χ1n) is 5.14. The van der Waals surface area contributed by atoms with Gasteiger partial charge in [-0.25, -0.2) is 8.42 Å². The van der Waals surface area contributed by atoms with Gasteiger partial charge in [0.1, 0.15) is 0 Å². The van der Waals surface area contributed by atoms with Crippen molar-refractivity contribution in [3.05, 3.63) is 56.5 Å². The van der Waals surface area contributed by atoms with E-state index in [0.29, 0.717) is 12.1 Å². The minimum atomic E-state index is -3.55. The minimum Gasteiger partial charge on any atom is -0.361 e. The molecule has 18 heavy (non-hydrogen) atoms. The monoisotopic (exact) mass is 372 g/mol. The first-order valence-corrected chi connectivity index (χ1v) is 7.70. The van der Waals surface area contributed by atoms with Gasteiger partial charge in [-0.3, -0.25) is 0 Å². The van der Waals surface area contributed by atoms with Crippen molar-refractivity contribution in [1.29, 1.82) is 0 Å². The summed E-state index contributed by atoms with van der Waals surface area (Å²) < 4.78 is 25.5. The van der Waals surface area contributed by atoms with Crippen LogP contribution in [0, 0.1) is 3.57 Å². The van der Waals surface area contributed by atoms with Gasteiger partial charge < -0.3 is 5.53 Å². The van der Waals surface area contributed by atoms with Crippen LogP contribution < -0.4 is 0 Å². The molecule has 92 valence electrons. The van der Waals surface area contributed by atoms with E-state index in [0.717, 1.165) is 3.57 Å². The lowest BCUT2D eigenvalue weighted by atomic mass is 10.2. The second-order valence-electron chi connectivity index (χ2n) is 3.71. The highest BCUT2D eigenvalue weighted by Gasteiger charge is 2.23. The van der Waals surface area contributed by atoms with E-state index in [4.69, 9.17) is 5.53 Å². The summed E-state index contributed by atoms with van der Waals surface area (Å²) in [5.41, 5.74) is 9.04. The molecule has 0 amide bonds. The van der Waals surface area contributed by atoms with Gasteiger partial charge in [0.05, 0.1) is 16.2 Å². The zero-order valence-electron chi connectivity index (χ0n) is 9.25. The largest absolute Gasteiger partial charge is 0.361 e. The van der Waals surface area contributed by atoms with E-state index >= 15 is 0 Å². The maximum atomic E-state index is 12.3. The van der Waals surface area contributed by atoms with Crippen molar-refractivity contribution >= 4 is 38.1 Å². The summed E-state index contributed by atoms with van der Waals surface area (Å²) in [5, 5.41) is 0. The molecule has 0 atom stereocenters. The zero-order valence-corrected chi connectivity index (χ0v) is 12.2. The van der Waals surface area contributed by atoms with Gasteiger partial charge in [-0.2, -0.15) is 4.79 Å². The van der Waals surface area contributed by atoms with Crippen molar-refractivity contribution in [3.8, 4) is 0 Å². The summed E-state index contributed by atoms with van der Waals surface area (Å²) in [6, 6.07) is 6.68. The Kier molecular flexibility index (Phi) is 3.79. The number of hydrogen-bond donors (Lipinski definition) is 0. The van der Waals surface area contributed by atoms with E-state index in [1.807, 2.05) is 6.07 Å². The molecule has 0 saturated carbocycles. The minimum absolute atomic E-state index is 0.142. The van der Waals surface area contributed by atoms with Crippen LogP contribution in [0.5, 0.6) is 0 Å². The third kappa shape index (κ3) is 2.60. The van der Waals surface area contributed by atoms with Crippen LogP contribution in [0.25, 0.3) is 5.53 Å². The maximum absolute atomic E-state index is 12.3. The number of allylic oxidation sites excluding steroid dienone is 3. The van der Waals surface area contributed by atoms with Crippen molar-refractivity contribution in [3.63, 3.8) is 0 Å². The molecule has 0 fully saturated rings. The third-order valence-electron chi connectivity index (χ3n) is 2.46. The number of sulfone groups is 1. The summed E-state index contributed by atoms with van der Waals surface area (Å²) in [5.74, 6) is 0. The van der Waals surface area contributed by atoms with Gasteiger partial charge >= 0.3 is 0 Å². The van der Waals surface area contributed by atoms with Crippen LogP contribution in [0.3, 0.4) is 0 Å². The summed E-state index contributed by atoms with van der Waals surface area (Å²) in [6.45, 7) is 0. The highest BCUT2D eigenvalue weighted by molar-refractivity contribution is 14.1. The van der Waals surface area contributed by atoms with Gasteiger partial charge in [-0.05, 0) is 46.9 Å². The van der Waals surface area contributed by atoms with Crippen LogP contribution in [0.2, 0.25) is 0 Å². The number of halogens is 1. The quantitative estimate of drug-likeness (QED) is 0.455. The third-order valence-corrected chi connectivity index (χ3v) is 4.88. The lowest BCUT2D eigenvalue weighted by Crippen LogP contribution is -2.09. The molecule has 0 spiro atoms. The average Bonchev–Trinajstić information content (AvgIpc) is 2.39. The molecule has 0 N–H and O–H groups in total. The van der Waals surface area contributed by atoms with Crippen LogP contribution in [-0.4, -0.2) is 18.9 Å². The predicted molar refractivity (Wildman–Crippen MR) is 76.8 cm³/mol. The van der Waals surface area contributed by atoms with Gasteiger partial charge in [-0.1, -0.05) is 12.1 Å². The Labute approximate surface area is 119 Å². The summed E-state index contributed by atoms with van der Waals surface area (Å²) in [7, 11) is -3.55. The van der Waals surface area contributed by atoms with Gasteiger partial charge in [0, 0.05) is 9.65 Å². The Hall–Kier alpha value is -1.24. The Morgan fingerprint density at radius 3 is 2.78 bits per heavy atom. The van der Waals surface area contributed by atoms with E-state index in [1.165, 1.54) is 12.2 Å². The highest BCUT2D eigenvalue weighted by Crippen LogP contribution is 2.23. The van der Waals surface area contributed by atoms with E-state index in [9.17, 15) is 8.42 Å². The van der Waals surface area contributed by atoms with Crippen molar-refractivity contribution in [2.75, 3.05) is 0 Å². The zero-order chi connectivity index (χ0) is 13.2. The number of nitrogens with zero attached hydrogens (tertiary/aromatic N) is 2. The molecule has 6 heteroatoms. The molecule has 1 aliphatic rings. The van der Waals surface area contributed by atoms with Crippen molar-refractivity contribution in [1.82, 2.24) is 0 Å². The molecule has 2 rings (SSSR count). The van der Waals surface area contributed by atoms with Gasteiger partial charge in [0.15, 0.2) is 0 Å². The number of hydrogen-bond acceptors (Lipinski definition) is 2. The fourth-order valence-corrected chi connectivity index (χ4v) is 3.71. The molecule has 0 saturated heterocycles. The summed E-state index contributed by atoms with van der Waals surface area (Å²) >= 11 is 2.06. The normalized spacial score (nSPS) is 15.2. The molecule has 4 nitrogen and oxygen atoms in total. The number of rotatable bonds is 2. The van der Waals surface area contributed by atoms with Crippen LogP contribution in [0.4, 0.5) is 0 Å². The SMILES string of the molecule is [N-]=[N+]=C1C=C(S(=O)(=O)c2cccc(I)c2)C=CC1. The van der Waals surface area contributed by atoms with E-state index in [2.05, 4.69) is 27.4 Å². The molecule has 0 radical (unpaired) electrons. The average molecular weight is 372 g/mol. The first kappa shape index (κ1) is 13.2. The Morgan fingerprint density at radius 2 is 2.11 bits per heavy atom. The maximum Gasteiger partial charge on any atom is 0.297 e. The molecule has 1 aromatic carbocycles. The van der Waals surface area contributed by atoms with Crippen molar-refractivity contribution < 1.29 is 13.2 Å². The topological polar surface area (TPSA) is 70.5 Å². The fourth-order valence-electron chi connectivity index (χ4n) is 1.57. The Balaban J connectivity index is 2.53. The van der Waals surface area contributed by atoms with Crippen LogP contribution in [0.1, 0.15) is 6.42 Å². The van der Waals surface area contributed by atoms with E-state index in [1.54, 1.807) is 24.3 Å². The first-order chi connectivity index (χ1) is 8.54. The van der Waals surface area contributed by atoms with Crippen molar-refractivity contribution in [2.24, 2.45) is 0 Å². The molecular formula is C12H9IN2O2S. The molecule has 0 aliphatic heterocycles. The van der Waals surface area contributed by atoms with Gasteiger partial charge in [0.2, 0.25) is 9.84 Å². The van der Waals surface area contributed by atoms with E-state index < -0.39 is 9.84 Å². The molecule has 1 aromatic rings. The Morgan fingerprint density at radius 1 is 1.33 bits per heavy atom. The number of benzene rings is 1. The fraction of sp³-hybridized carbons (Fsp3) is 0.0833. The smallest absolute Gasteiger partial charge is 0.297 e. The van der Waals surface area contributed by atoms with E-state index in [-0.39, 0.29) is 9.80 Å². The lowest BCUT2D eigenvalue weighted by molar-refractivity contribution is -0.00540. The summed E-state index contributed by atoms with van der Waals surface area (Å²) in [4.78, 5) is 3.43. The molecular weight excluding hydrogens is 363 g/mol. The molecule has 0 bridgehead atoms. The van der Waals surface area contributed by atoms with Crippen molar-refractivity contribution in [2.45, 2.75) is 11.3 Å². The molecule has 0 heterocycles. The standard InChI is InChI=1S/C12H9IN2O2S/c13-9-3-1-5-11(7-9)18(16,17)12-6-2-4-10(8-12)15-14/h1-3,5-8H,4H2. The highest BCUT2D eigenvalue weighted by atomic mass is 127. The van der Waals surface area contributed by atoms with Crippen LogP contribution >= 0.6 is 22.6 Å².